The van der Waals surface area contributed by atoms with Gasteiger partial charge >= 0.3 is 0 Å². The number of nitrogens with one attached hydrogen (secondary N) is 1. The van der Waals surface area contributed by atoms with Gasteiger partial charge in [0.05, 0.1) is 27.4 Å². The molecule has 0 aromatic heterocycles. The van der Waals surface area contributed by atoms with Crippen LogP contribution in [0.2, 0.25) is 0 Å². The first-order chi connectivity index (χ1) is 15.7. The molecule has 2 rings (SSSR count). The van der Waals surface area contributed by atoms with Crippen LogP contribution in [-0.2, 0) is 11.2 Å². The Kier molecular flexibility index (Phi) is 11.2. The highest BCUT2D eigenvalue weighted by molar-refractivity contribution is 5.61. The Morgan fingerprint density at radius 2 is 1.66 bits per heavy atom. The van der Waals surface area contributed by atoms with Crippen molar-refractivity contribution in [2.75, 3.05) is 41.0 Å². The van der Waals surface area contributed by atoms with Gasteiger partial charge in [-0.25, -0.2) is 0 Å². The lowest BCUT2D eigenvalue weighted by molar-refractivity contribution is 0.174. The molecule has 175 valence electrons. The van der Waals surface area contributed by atoms with Crippen LogP contribution in [0.5, 0.6) is 28.7 Å². The molecule has 1 radical (unpaired) electrons. The van der Waals surface area contributed by atoms with Crippen LogP contribution in [0.1, 0.15) is 31.7 Å². The molecular formula is C25H34NO6. The first-order valence-electron chi connectivity index (χ1n) is 10.9. The third kappa shape index (κ3) is 7.64. The predicted octanol–water partition coefficient (Wildman–Crippen LogP) is 3.97. The number of carbonyl (C=O) groups excluding carboxylic acids is 1. The summed E-state index contributed by atoms with van der Waals surface area (Å²) in [4.78, 5) is 10.8. The quantitative estimate of drug-likeness (QED) is 0.393. The maximum Gasteiger partial charge on any atom is 0.203 e. The Hall–Kier alpha value is -2.93. The average Bonchev–Trinajstić information content (AvgIpc) is 2.82. The summed E-state index contributed by atoms with van der Waals surface area (Å²) in [5.41, 5.74) is 0.777. The van der Waals surface area contributed by atoms with Crippen molar-refractivity contribution < 1.29 is 28.5 Å². The van der Waals surface area contributed by atoms with E-state index in [1.165, 1.54) is 0 Å². The Morgan fingerprint density at radius 3 is 2.31 bits per heavy atom. The molecule has 0 saturated heterocycles. The van der Waals surface area contributed by atoms with Crippen molar-refractivity contribution in [3.63, 3.8) is 0 Å². The van der Waals surface area contributed by atoms with Gasteiger partial charge in [0.1, 0.15) is 6.61 Å². The molecule has 7 heteroatoms. The van der Waals surface area contributed by atoms with Gasteiger partial charge < -0.3 is 29.0 Å². The smallest absolute Gasteiger partial charge is 0.203 e. The maximum absolute atomic E-state index is 10.8. The fraction of sp³-hybridized carbons (Fsp3) is 0.480. The van der Waals surface area contributed by atoms with Crippen molar-refractivity contribution in [1.29, 1.82) is 0 Å². The SMILES string of the molecule is CCC(CCCNCCOc1ccccc1OC)Oc1cc(C[C]=O)cc(OC)c1OC. The van der Waals surface area contributed by atoms with Gasteiger partial charge in [0.2, 0.25) is 12.0 Å². The van der Waals surface area contributed by atoms with Gasteiger partial charge in [-0.1, -0.05) is 19.1 Å². The second kappa shape index (κ2) is 14.2. The molecule has 0 aliphatic carbocycles. The van der Waals surface area contributed by atoms with E-state index in [9.17, 15) is 4.79 Å². The summed E-state index contributed by atoms with van der Waals surface area (Å²) in [5, 5.41) is 3.39. The van der Waals surface area contributed by atoms with Crippen molar-refractivity contribution in [2.45, 2.75) is 38.7 Å². The standard InChI is InChI=1S/C25H34NO6/c1-5-20(32-24-18-19(12-15-27)17-23(29-3)25(24)30-4)9-8-13-26-14-16-31-22-11-7-6-10-21(22)28-2/h6-7,10-11,17-18,20,26H,5,8-9,12-14,16H2,1-4H3. The monoisotopic (exact) mass is 444 g/mol. The molecule has 7 nitrogen and oxygen atoms in total. The molecule has 0 amide bonds. The van der Waals surface area contributed by atoms with E-state index in [2.05, 4.69) is 12.2 Å². The lowest BCUT2D eigenvalue weighted by atomic mass is 10.1. The summed E-state index contributed by atoms with van der Waals surface area (Å²) in [5.74, 6) is 3.14. The van der Waals surface area contributed by atoms with Gasteiger partial charge in [-0.3, -0.25) is 4.79 Å². The molecule has 0 fully saturated rings. The van der Waals surface area contributed by atoms with Gasteiger partial charge in [0.25, 0.3) is 0 Å². The second-order valence-electron chi connectivity index (χ2n) is 7.19. The minimum Gasteiger partial charge on any atom is -0.493 e. The minimum atomic E-state index is 0.0238. The number of hydrogen-bond acceptors (Lipinski definition) is 7. The van der Waals surface area contributed by atoms with E-state index in [0.717, 1.165) is 49.4 Å². The molecule has 32 heavy (non-hydrogen) atoms. The van der Waals surface area contributed by atoms with Crippen LogP contribution in [0.4, 0.5) is 0 Å². The van der Waals surface area contributed by atoms with E-state index in [4.69, 9.17) is 23.7 Å². The van der Waals surface area contributed by atoms with E-state index >= 15 is 0 Å². The summed E-state index contributed by atoms with van der Waals surface area (Å²) in [6.07, 6.45) is 4.80. The van der Waals surface area contributed by atoms with Crippen LogP contribution in [-0.4, -0.2) is 53.4 Å². The summed E-state index contributed by atoms with van der Waals surface area (Å²) in [7, 11) is 4.78. The highest BCUT2D eigenvalue weighted by atomic mass is 16.5. The highest BCUT2D eigenvalue weighted by Gasteiger charge is 2.17. The Morgan fingerprint density at radius 1 is 0.938 bits per heavy atom. The lowest BCUT2D eigenvalue weighted by Crippen LogP contribution is -2.24. The van der Waals surface area contributed by atoms with E-state index in [0.29, 0.717) is 23.9 Å². The van der Waals surface area contributed by atoms with Crippen molar-refractivity contribution in [3.05, 3.63) is 42.0 Å². The second-order valence-corrected chi connectivity index (χ2v) is 7.19. The number of methoxy groups -OCH3 is 3. The Bertz CT molecular complexity index is 826. The number of hydrogen-bond donors (Lipinski definition) is 1. The fourth-order valence-electron chi connectivity index (χ4n) is 3.33. The molecule has 1 unspecified atom stereocenters. The summed E-state index contributed by atoms with van der Waals surface area (Å²) < 4.78 is 28.2. The maximum atomic E-state index is 10.8. The molecule has 0 saturated carbocycles. The molecule has 0 spiro atoms. The highest BCUT2D eigenvalue weighted by Crippen LogP contribution is 2.39. The van der Waals surface area contributed by atoms with Crippen molar-refractivity contribution in [3.8, 4) is 28.7 Å². The van der Waals surface area contributed by atoms with E-state index in [1.807, 2.05) is 36.6 Å². The number of para-hydroxylation sites is 2. The third-order valence-electron chi connectivity index (χ3n) is 5.02. The van der Waals surface area contributed by atoms with Gasteiger partial charge in [-0.15, -0.1) is 0 Å². The van der Waals surface area contributed by atoms with Crippen molar-refractivity contribution >= 4 is 6.29 Å². The van der Waals surface area contributed by atoms with Crippen molar-refractivity contribution in [1.82, 2.24) is 5.32 Å². The lowest BCUT2D eigenvalue weighted by Gasteiger charge is -2.21. The molecule has 2 aromatic carbocycles. The number of rotatable bonds is 16. The van der Waals surface area contributed by atoms with Crippen LogP contribution in [0.15, 0.2) is 36.4 Å². The van der Waals surface area contributed by atoms with Gasteiger partial charge in [0.15, 0.2) is 23.0 Å². The van der Waals surface area contributed by atoms with Gasteiger partial charge in [0, 0.05) is 13.0 Å². The van der Waals surface area contributed by atoms with Crippen LogP contribution >= 0.6 is 0 Å². The predicted molar refractivity (Wildman–Crippen MR) is 124 cm³/mol. The first-order valence-corrected chi connectivity index (χ1v) is 10.9. The molecule has 0 aliphatic heterocycles. The van der Waals surface area contributed by atoms with Crippen LogP contribution in [0, 0.1) is 0 Å². The van der Waals surface area contributed by atoms with Crippen molar-refractivity contribution in [2.24, 2.45) is 0 Å². The molecule has 2 aromatic rings. The first kappa shape index (κ1) is 25.3. The molecule has 1 atom stereocenters. The Balaban J connectivity index is 1.79. The number of ether oxygens (including phenoxy) is 5. The molecule has 0 bridgehead atoms. The zero-order valence-electron chi connectivity index (χ0n) is 19.4. The van der Waals surface area contributed by atoms with E-state index in [-0.39, 0.29) is 12.5 Å². The molecule has 0 heterocycles. The topological polar surface area (TPSA) is 75.2 Å². The van der Waals surface area contributed by atoms with Crippen LogP contribution in [0.3, 0.4) is 0 Å². The molecule has 0 aliphatic rings. The molecular weight excluding hydrogens is 410 g/mol. The zero-order chi connectivity index (χ0) is 23.2. The zero-order valence-corrected chi connectivity index (χ0v) is 19.4. The summed E-state index contributed by atoms with van der Waals surface area (Å²) in [6.45, 7) is 4.25. The van der Waals surface area contributed by atoms with Gasteiger partial charge in [-0.05, 0) is 55.6 Å². The average molecular weight is 445 g/mol. The van der Waals surface area contributed by atoms with Crippen LogP contribution < -0.4 is 29.0 Å². The summed E-state index contributed by atoms with van der Waals surface area (Å²) >= 11 is 0. The Labute approximate surface area is 191 Å². The van der Waals surface area contributed by atoms with E-state index < -0.39 is 0 Å². The fourth-order valence-corrected chi connectivity index (χ4v) is 3.33. The summed E-state index contributed by atoms with van der Waals surface area (Å²) in [6, 6.07) is 11.2. The number of benzene rings is 2. The van der Waals surface area contributed by atoms with E-state index in [1.54, 1.807) is 27.4 Å². The van der Waals surface area contributed by atoms with Gasteiger partial charge in [-0.2, -0.15) is 0 Å². The largest absolute Gasteiger partial charge is 0.493 e. The van der Waals surface area contributed by atoms with Crippen LogP contribution in [0.25, 0.3) is 0 Å². The third-order valence-corrected chi connectivity index (χ3v) is 5.02. The normalized spacial score (nSPS) is 11.5. The molecule has 1 N–H and O–H groups in total. The minimum absolute atomic E-state index is 0.0238.